The van der Waals surface area contributed by atoms with Crippen molar-refractivity contribution in [2.24, 2.45) is 0 Å². The molecule has 0 saturated carbocycles. The molecule has 0 amide bonds. The first-order valence-electron chi connectivity index (χ1n) is 7.38. The average Bonchev–Trinajstić information content (AvgIpc) is 2.56. The number of esters is 2. The topological polar surface area (TPSA) is 80.3 Å². The highest BCUT2D eigenvalue weighted by atomic mass is 16.6. The van der Waals surface area contributed by atoms with E-state index in [1.165, 1.54) is 0 Å². The molecule has 132 valence electrons. The molecule has 0 spiro atoms. The molecule has 0 aliphatic carbocycles. The minimum Gasteiger partial charge on any atom is -0.460 e. The molecule has 0 heterocycles. The molecular weight excluding hydrogens is 304 g/mol. The summed E-state index contributed by atoms with van der Waals surface area (Å²) in [6, 6.07) is 0. The summed E-state index contributed by atoms with van der Waals surface area (Å²) < 4.78 is 25.8. The van der Waals surface area contributed by atoms with Crippen molar-refractivity contribution in [3.05, 3.63) is 25.3 Å². The van der Waals surface area contributed by atoms with Gasteiger partial charge in [0.15, 0.2) is 0 Å². The first-order chi connectivity index (χ1) is 11.0. The second-order valence-corrected chi connectivity index (χ2v) is 4.64. The summed E-state index contributed by atoms with van der Waals surface area (Å²) in [7, 11) is 0. The van der Waals surface area contributed by atoms with E-state index in [1.54, 1.807) is 6.92 Å². The van der Waals surface area contributed by atoms with Gasteiger partial charge in [0.25, 0.3) is 0 Å². The van der Waals surface area contributed by atoms with Crippen molar-refractivity contribution in [1.29, 1.82) is 0 Å². The molecule has 0 bridgehead atoms. The number of hydrogen-bond acceptors (Lipinski definition) is 7. The molecule has 7 heteroatoms. The molecular formula is C16H26O7. The zero-order valence-electron chi connectivity index (χ0n) is 13.8. The summed E-state index contributed by atoms with van der Waals surface area (Å²) >= 11 is 0. The van der Waals surface area contributed by atoms with Crippen LogP contribution >= 0.6 is 0 Å². The van der Waals surface area contributed by atoms with E-state index in [9.17, 15) is 9.59 Å². The first kappa shape index (κ1) is 21.3. The highest BCUT2D eigenvalue weighted by Crippen LogP contribution is 1.98. The smallest absolute Gasteiger partial charge is 0.330 e. The third kappa shape index (κ3) is 13.7. The summed E-state index contributed by atoms with van der Waals surface area (Å²) in [4.78, 5) is 21.6. The van der Waals surface area contributed by atoms with E-state index >= 15 is 0 Å². The van der Waals surface area contributed by atoms with E-state index in [1.807, 2.05) is 6.92 Å². The third-order valence-electron chi connectivity index (χ3n) is 2.51. The Morgan fingerprint density at radius 2 is 1.39 bits per heavy atom. The van der Waals surface area contributed by atoms with E-state index in [-0.39, 0.29) is 25.4 Å². The maximum absolute atomic E-state index is 10.9. The van der Waals surface area contributed by atoms with Crippen LogP contribution < -0.4 is 0 Å². The predicted molar refractivity (Wildman–Crippen MR) is 84.0 cm³/mol. The van der Waals surface area contributed by atoms with E-state index in [2.05, 4.69) is 13.2 Å². The fourth-order valence-electron chi connectivity index (χ4n) is 1.32. The quantitative estimate of drug-likeness (QED) is 0.269. The Kier molecular flexibility index (Phi) is 12.9. The third-order valence-corrected chi connectivity index (χ3v) is 2.51. The van der Waals surface area contributed by atoms with Gasteiger partial charge in [-0.1, -0.05) is 13.2 Å². The van der Waals surface area contributed by atoms with Crippen molar-refractivity contribution in [1.82, 2.24) is 0 Å². The summed E-state index contributed by atoms with van der Waals surface area (Å²) in [6.07, 6.45) is 1.87. The standard InChI is InChI=1S/C16H26O7/c1-5-15(17)21-10-8-19-7-9-20-13(3)11-22-14(4)12-23-16(18)6-2/h5-6,13-14H,1-2,7-12H2,3-4H3. The molecule has 0 aromatic carbocycles. The Hall–Kier alpha value is -1.70. The van der Waals surface area contributed by atoms with Gasteiger partial charge in [0, 0.05) is 12.2 Å². The Balaban J connectivity index is 3.47. The van der Waals surface area contributed by atoms with Crippen LogP contribution in [0.5, 0.6) is 0 Å². The molecule has 0 aromatic rings. The predicted octanol–water partition coefficient (Wildman–Crippen LogP) is 1.27. The van der Waals surface area contributed by atoms with Crippen molar-refractivity contribution >= 4 is 11.9 Å². The summed E-state index contributed by atoms with van der Waals surface area (Å²) in [5, 5.41) is 0. The summed E-state index contributed by atoms with van der Waals surface area (Å²) in [5.74, 6) is -0.941. The maximum Gasteiger partial charge on any atom is 0.330 e. The zero-order valence-corrected chi connectivity index (χ0v) is 13.8. The highest BCUT2D eigenvalue weighted by molar-refractivity contribution is 5.81. The zero-order chi connectivity index (χ0) is 17.5. The molecule has 0 rings (SSSR count). The number of carbonyl (C=O) groups excluding carboxylic acids is 2. The maximum atomic E-state index is 10.9. The minimum atomic E-state index is -0.472. The molecule has 0 N–H and O–H groups in total. The van der Waals surface area contributed by atoms with Crippen molar-refractivity contribution in [2.45, 2.75) is 26.1 Å². The highest BCUT2D eigenvalue weighted by Gasteiger charge is 2.08. The van der Waals surface area contributed by atoms with Gasteiger partial charge in [-0.05, 0) is 13.8 Å². The van der Waals surface area contributed by atoms with Gasteiger partial charge in [-0.15, -0.1) is 0 Å². The lowest BCUT2D eigenvalue weighted by Crippen LogP contribution is -2.25. The van der Waals surface area contributed by atoms with Crippen LogP contribution in [0.2, 0.25) is 0 Å². The minimum absolute atomic E-state index is 0.116. The van der Waals surface area contributed by atoms with Gasteiger partial charge >= 0.3 is 11.9 Å². The van der Waals surface area contributed by atoms with Crippen LogP contribution in [0.15, 0.2) is 25.3 Å². The van der Waals surface area contributed by atoms with Gasteiger partial charge in [-0.2, -0.15) is 0 Å². The molecule has 0 aliphatic heterocycles. The molecule has 2 atom stereocenters. The van der Waals surface area contributed by atoms with Gasteiger partial charge in [0.05, 0.1) is 38.6 Å². The van der Waals surface area contributed by atoms with Gasteiger partial charge in [-0.3, -0.25) is 0 Å². The largest absolute Gasteiger partial charge is 0.460 e. The van der Waals surface area contributed by atoms with E-state index in [0.717, 1.165) is 12.2 Å². The van der Waals surface area contributed by atoms with Gasteiger partial charge in [-0.25, -0.2) is 9.59 Å². The van der Waals surface area contributed by atoms with Crippen LogP contribution in [0.4, 0.5) is 0 Å². The van der Waals surface area contributed by atoms with Crippen LogP contribution in [-0.2, 0) is 33.3 Å². The Bertz CT molecular complexity index is 367. The van der Waals surface area contributed by atoms with Crippen molar-refractivity contribution in [2.75, 3.05) is 39.6 Å². The molecule has 7 nitrogen and oxygen atoms in total. The first-order valence-corrected chi connectivity index (χ1v) is 7.38. The van der Waals surface area contributed by atoms with Gasteiger partial charge in [0.2, 0.25) is 0 Å². The van der Waals surface area contributed by atoms with E-state index in [4.69, 9.17) is 23.7 Å². The van der Waals surface area contributed by atoms with Crippen LogP contribution in [0.3, 0.4) is 0 Å². The Labute approximate surface area is 137 Å². The number of rotatable bonds is 14. The normalized spacial score (nSPS) is 13.0. The lowest BCUT2D eigenvalue weighted by Gasteiger charge is -2.17. The second kappa shape index (κ2) is 13.9. The second-order valence-electron chi connectivity index (χ2n) is 4.64. The van der Waals surface area contributed by atoms with Crippen LogP contribution in [0.25, 0.3) is 0 Å². The lowest BCUT2D eigenvalue weighted by molar-refractivity contribution is -0.142. The SMILES string of the molecule is C=CC(=O)OCCOCCOC(C)COC(C)COC(=O)C=C. The summed E-state index contributed by atoms with van der Waals surface area (Å²) in [5.41, 5.74) is 0. The van der Waals surface area contributed by atoms with Crippen LogP contribution in [0.1, 0.15) is 13.8 Å². The fraction of sp³-hybridized carbons (Fsp3) is 0.625. The lowest BCUT2D eigenvalue weighted by atomic mass is 10.4. The molecule has 0 fully saturated rings. The molecule has 2 unspecified atom stereocenters. The number of hydrogen-bond donors (Lipinski definition) is 0. The molecule has 0 aliphatic rings. The molecule has 0 radical (unpaired) electrons. The monoisotopic (exact) mass is 330 g/mol. The van der Waals surface area contributed by atoms with Gasteiger partial charge in [0.1, 0.15) is 13.2 Å². The average molecular weight is 330 g/mol. The van der Waals surface area contributed by atoms with Crippen molar-refractivity contribution < 1.29 is 33.3 Å². The fourth-order valence-corrected chi connectivity index (χ4v) is 1.32. The molecule has 23 heavy (non-hydrogen) atoms. The van der Waals surface area contributed by atoms with Gasteiger partial charge < -0.3 is 23.7 Å². The van der Waals surface area contributed by atoms with Crippen molar-refractivity contribution in [3.8, 4) is 0 Å². The van der Waals surface area contributed by atoms with Crippen molar-refractivity contribution in [3.63, 3.8) is 0 Å². The Morgan fingerprint density at radius 3 is 2.04 bits per heavy atom. The van der Waals surface area contributed by atoms with E-state index in [0.29, 0.717) is 26.4 Å². The number of carbonyl (C=O) groups is 2. The Morgan fingerprint density at radius 1 is 0.826 bits per heavy atom. The van der Waals surface area contributed by atoms with Crippen LogP contribution in [0, 0.1) is 0 Å². The van der Waals surface area contributed by atoms with Crippen LogP contribution in [-0.4, -0.2) is 63.8 Å². The molecule has 0 saturated heterocycles. The summed E-state index contributed by atoms with van der Waals surface area (Å²) in [6.45, 7) is 12.1. The molecule has 0 aromatic heterocycles. The number of ether oxygens (including phenoxy) is 5. The van der Waals surface area contributed by atoms with E-state index < -0.39 is 11.9 Å².